The number of benzene rings is 1. The second-order valence-electron chi connectivity index (χ2n) is 7.29. The Morgan fingerprint density at radius 1 is 1.12 bits per heavy atom. The van der Waals surface area contributed by atoms with Crippen molar-refractivity contribution in [1.29, 1.82) is 0 Å². The average molecular weight is 361 g/mol. The zero-order valence-electron chi connectivity index (χ0n) is 16.3. The number of likely N-dealkylation sites (N-methyl/N-ethyl adjacent to an activating group) is 1. The molecule has 26 heavy (non-hydrogen) atoms. The predicted molar refractivity (Wildman–Crippen MR) is 106 cm³/mol. The molecular weight excluding hydrogens is 328 g/mol. The standard InChI is InChI=1S/C20H32N4O2/c1-4-11-21-19(25)14-23(3)15-20(26)22-17-5-7-18(8-6-17)24-12-9-16(2)10-13-24/h5-8,16H,4,9-15H2,1-3H3,(H,21,25)(H,22,26). The van der Waals surface area contributed by atoms with E-state index in [1.165, 1.54) is 18.5 Å². The van der Waals surface area contributed by atoms with Crippen LogP contribution in [0.1, 0.15) is 33.1 Å². The molecule has 1 aromatic rings. The van der Waals surface area contributed by atoms with Crippen LogP contribution >= 0.6 is 0 Å². The third-order valence-electron chi connectivity index (χ3n) is 4.70. The highest BCUT2D eigenvalue weighted by molar-refractivity contribution is 5.92. The van der Waals surface area contributed by atoms with E-state index in [0.717, 1.165) is 31.1 Å². The molecule has 144 valence electrons. The molecule has 1 fully saturated rings. The lowest BCUT2D eigenvalue weighted by Crippen LogP contribution is -2.39. The van der Waals surface area contributed by atoms with E-state index < -0.39 is 0 Å². The molecule has 0 spiro atoms. The highest BCUT2D eigenvalue weighted by Crippen LogP contribution is 2.24. The van der Waals surface area contributed by atoms with Crippen molar-refractivity contribution in [1.82, 2.24) is 10.2 Å². The summed E-state index contributed by atoms with van der Waals surface area (Å²) in [5.41, 5.74) is 1.99. The summed E-state index contributed by atoms with van der Waals surface area (Å²) in [6.07, 6.45) is 3.37. The van der Waals surface area contributed by atoms with E-state index >= 15 is 0 Å². The van der Waals surface area contributed by atoms with Crippen molar-refractivity contribution in [2.45, 2.75) is 33.1 Å². The predicted octanol–water partition coefficient (Wildman–Crippen LogP) is 2.32. The molecule has 0 bridgehead atoms. The Morgan fingerprint density at radius 3 is 2.35 bits per heavy atom. The first-order valence-corrected chi connectivity index (χ1v) is 9.58. The van der Waals surface area contributed by atoms with Crippen molar-refractivity contribution in [2.75, 3.05) is 50.0 Å². The molecule has 1 aliphatic heterocycles. The van der Waals surface area contributed by atoms with Crippen molar-refractivity contribution < 1.29 is 9.59 Å². The number of carbonyl (C=O) groups excluding carboxylic acids is 2. The van der Waals surface area contributed by atoms with Gasteiger partial charge in [0.25, 0.3) is 0 Å². The number of nitrogens with zero attached hydrogens (tertiary/aromatic N) is 2. The summed E-state index contributed by atoms with van der Waals surface area (Å²) >= 11 is 0. The van der Waals surface area contributed by atoms with Crippen LogP contribution in [0.25, 0.3) is 0 Å². The van der Waals surface area contributed by atoms with Crippen LogP contribution in [-0.2, 0) is 9.59 Å². The van der Waals surface area contributed by atoms with Crippen molar-refractivity contribution in [3.05, 3.63) is 24.3 Å². The van der Waals surface area contributed by atoms with E-state index in [-0.39, 0.29) is 24.9 Å². The van der Waals surface area contributed by atoms with E-state index in [0.29, 0.717) is 6.54 Å². The van der Waals surface area contributed by atoms with E-state index in [1.54, 1.807) is 11.9 Å². The normalized spacial score (nSPS) is 15.2. The van der Waals surface area contributed by atoms with Gasteiger partial charge in [0, 0.05) is 31.0 Å². The van der Waals surface area contributed by atoms with Gasteiger partial charge in [-0.2, -0.15) is 0 Å². The maximum Gasteiger partial charge on any atom is 0.238 e. The van der Waals surface area contributed by atoms with Gasteiger partial charge in [0.1, 0.15) is 0 Å². The molecule has 6 heteroatoms. The highest BCUT2D eigenvalue weighted by atomic mass is 16.2. The first-order valence-electron chi connectivity index (χ1n) is 9.58. The fourth-order valence-electron chi connectivity index (χ4n) is 3.09. The van der Waals surface area contributed by atoms with Gasteiger partial charge in [-0.3, -0.25) is 14.5 Å². The van der Waals surface area contributed by atoms with Gasteiger partial charge < -0.3 is 15.5 Å². The second kappa shape index (κ2) is 10.2. The molecule has 1 saturated heterocycles. The topological polar surface area (TPSA) is 64.7 Å². The number of carbonyl (C=O) groups is 2. The molecule has 2 amide bonds. The maximum absolute atomic E-state index is 12.1. The fraction of sp³-hybridized carbons (Fsp3) is 0.600. The molecule has 6 nitrogen and oxygen atoms in total. The molecule has 0 aromatic heterocycles. The smallest absolute Gasteiger partial charge is 0.238 e. The van der Waals surface area contributed by atoms with Gasteiger partial charge in [0.2, 0.25) is 11.8 Å². The summed E-state index contributed by atoms with van der Waals surface area (Å²) in [6, 6.07) is 8.01. The molecule has 0 aliphatic carbocycles. The Kier molecular flexibility index (Phi) is 7.91. The molecular formula is C20H32N4O2. The van der Waals surface area contributed by atoms with Crippen LogP contribution in [0.2, 0.25) is 0 Å². The quantitative estimate of drug-likeness (QED) is 0.747. The molecule has 1 aromatic carbocycles. The van der Waals surface area contributed by atoms with Gasteiger partial charge in [-0.05, 0) is 56.5 Å². The van der Waals surface area contributed by atoms with Crippen LogP contribution in [0.3, 0.4) is 0 Å². The summed E-state index contributed by atoms with van der Waals surface area (Å²) in [7, 11) is 1.77. The van der Waals surface area contributed by atoms with Gasteiger partial charge in [-0.25, -0.2) is 0 Å². The third kappa shape index (κ3) is 6.67. The van der Waals surface area contributed by atoms with Crippen LogP contribution in [-0.4, -0.2) is 56.5 Å². The molecule has 0 atom stereocenters. The lowest BCUT2D eigenvalue weighted by Gasteiger charge is -2.32. The molecule has 0 unspecified atom stereocenters. The van der Waals surface area contributed by atoms with E-state index in [4.69, 9.17) is 0 Å². The van der Waals surface area contributed by atoms with Crippen molar-refractivity contribution in [3.8, 4) is 0 Å². The van der Waals surface area contributed by atoms with Gasteiger partial charge >= 0.3 is 0 Å². The summed E-state index contributed by atoms with van der Waals surface area (Å²) < 4.78 is 0. The second-order valence-corrected chi connectivity index (χ2v) is 7.29. The molecule has 0 radical (unpaired) electrons. The van der Waals surface area contributed by atoms with E-state index in [1.807, 2.05) is 19.1 Å². The fourth-order valence-corrected chi connectivity index (χ4v) is 3.09. The minimum atomic E-state index is -0.115. The average Bonchev–Trinajstić information content (AvgIpc) is 2.61. The van der Waals surface area contributed by atoms with E-state index in [2.05, 4.69) is 34.6 Å². The lowest BCUT2D eigenvalue weighted by molar-refractivity contribution is -0.122. The van der Waals surface area contributed by atoms with Gasteiger partial charge in [-0.15, -0.1) is 0 Å². The number of piperidine rings is 1. The van der Waals surface area contributed by atoms with Gasteiger partial charge in [-0.1, -0.05) is 13.8 Å². The first kappa shape index (κ1) is 20.2. The largest absolute Gasteiger partial charge is 0.372 e. The number of rotatable bonds is 8. The highest BCUT2D eigenvalue weighted by Gasteiger charge is 2.16. The SMILES string of the molecule is CCCNC(=O)CN(C)CC(=O)Nc1ccc(N2CCC(C)CC2)cc1. The summed E-state index contributed by atoms with van der Waals surface area (Å²) in [6.45, 7) is 7.58. The Bertz CT molecular complexity index is 580. The monoisotopic (exact) mass is 360 g/mol. The number of amides is 2. The van der Waals surface area contributed by atoms with Crippen molar-refractivity contribution in [2.24, 2.45) is 5.92 Å². The van der Waals surface area contributed by atoms with Crippen LogP contribution in [0.15, 0.2) is 24.3 Å². The number of hydrogen-bond donors (Lipinski definition) is 2. The zero-order chi connectivity index (χ0) is 18.9. The summed E-state index contributed by atoms with van der Waals surface area (Å²) in [4.78, 5) is 27.9. The van der Waals surface area contributed by atoms with Gasteiger partial charge in [0.05, 0.1) is 13.1 Å². The molecule has 1 aliphatic rings. The molecule has 0 saturated carbocycles. The Morgan fingerprint density at radius 2 is 1.73 bits per heavy atom. The van der Waals surface area contributed by atoms with Crippen LogP contribution in [0, 0.1) is 5.92 Å². The Hall–Kier alpha value is -2.08. The minimum Gasteiger partial charge on any atom is -0.372 e. The Balaban J connectivity index is 1.77. The van der Waals surface area contributed by atoms with Crippen LogP contribution in [0.5, 0.6) is 0 Å². The number of hydrogen-bond acceptors (Lipinski definition) is 4. The van der Waals surface area contributed by atoms with Crippen molar-refractivity contribution in [3.63, 3.8) is 0 Å². The lowest BCUT2D eigenvalue weighted by atomic mass is 9.99. The van der Waals surface area contributed by atoms with Gasteiger partial charge in [0.15, 0.2) is 0 Å². The van der Waals surface area contributed by atoms with Crippen molar-refractivity contribution >= 4 is 23.2 Å². The number of nitrogens with one attached hydrogen (secondary N) is 2. The van der Waals surface area contributed by atoms with Crippen LogP contribution < -0.4 is 15.5 Å². The summed E-state index contributed by atoms with van der Waals surface area (Å²) in [5, 5.41) is 5.70. The zero-order valence-corrected chi connectivity index (χ0v) is 16.3. The van der Waals surface area contributed by atoms with Crippen LogP contribution in [0.4, 0.5) is 11.4 Å². The summed E-state index contributed by atoms with van der Waals surface area (Å²) in [5.74, 6) is 0.642. The minimum absolute atomic E-state index is 0.0534. The molecule has 2 N–H and O–H groups in total. The molecule has 2 rings (SSSR count). The Labute approximate surface area is 156 Å². The number of anilines is 2. The maximum atomic E-state index is 12.1. The first-order chi connectivity index (χ1) is 12.5. The van der Waals surface area contributed by atoms with E-state index in [9.17, 15) is 9.59 Å². The third-order valence-corrected chi connectivity index (χ3v) is 4.70. The molecule has 1 heterocycles.